The van der Waals surface area contributed by atoms with E-state index in [2.05, 4.69) is 27.4 Å². The number of aliphatic hydroxyl groups is 2. The minimum absolute atomic E-state index is 0.203. The van der Waals surface area contributed by atoms with Crippen molar-refractivity contribution in [3.8, 4) is 0 Å². The molecular formula is C20H26N4O3. The summed E-state index contributed by atoms with van der Waals surface area (Å²) in [6, 6.07) is 9.45. The highest BCUT2D eigenvalue weighted by Gasteiger charge is 2.42. The van der Waals surface area contributed by atoms with Crippen molar-refractivity contribution in [2.75, 3.05) is 6.54 Å². The van der Waals surface area contributed by atoms with Gasteiger partial charge in [-0.15, -0.1) is 0 Å². The average molecular weight is 370 g/mol. The van der Waals surface area contributed by atoms with Gasteiger partial charge >= 0.3 is 0 Å². The zero-order valence-electron chi connectivity index (χ0n) is 15.5. The number of hydrogen-bond donors (Lipinski definition) is 3. The largest absolute Gasteiger partial charge is 0.390 e. The lowest BCUT2D eigenvalue weighted by molar-refractivity contribution is -0.0789. The van der Waals surface area contributed by atoms with E-state index in [4.69, 9.17) is 0 Å². The van der Waals surface area contributed by atoms with Gasteiger partial charge in [-0.2, -0.15) is 5.10 Å². The molecule has 144 valence electrons. The van der Waals surface area contributed by atoms with E-state index in [9.17, 15) is 15.0 Å². The van der Waals surface area contributed by atoms with Gasteiger partial charge in [-0.1, -0.05) is 24.3 Å². The van der Waals surface area contributed by atoms with Gasteiger partial charge in [0.15, 0.2) is 0 Å². The predicted octanol–water partition coefficient (Wildman–Crippen LogP) is 0.461. The van der Waals surface area contributed by atoms with Gasteiger partial charge in [-0.05, 0) is 36.5 Å². The van der Waals surface area contributed by atoms with Crippen molar-refractivity contribution in [1.29, 1.82) is 0 Å². The maximum absolute atomic E-state index is 12.7. The molecule has 1 aromatic carbocycles. The van der Waals surface area contributed by atoms with Crippen LogP contribution in [0.3, 0.4) is 0 Å². The average Bonchev–Trinajstić information content (AvgIpc) is 3.10. The number of amides is 1. The Hall–Kier alpha value is -2.22. The Morgan fingerprint density at radius 2 is 1.96 bits per heavy atom. The Kier molecular flexibility index (Phi) is 4.99. The van der Waals surface area contributed by atoms with Gasteiger partial charge in [0.2, 0.25) is 0 Å². The summed E-state index contributed by atoms with van der Waals surface area (Å²) in [5.41, 5.74) is 3.06. The van der Waals surface area contributed by atoms with Crippen LogP contribution in [-0.4, -0.2) is 61.6 Å². The van der Waals surface area contributed by atoms with Crippen LogP contribution in [0.4, 0.5) is 0 Å². The van der Waals surface area contributed by atoms with E-state index < -0.39 is 12.2 Å². The monoisotopic (exact) mass is 370 g/mol. The first-order valence-corrected chi connectivity index (χ1v) is 9.50. The van der Waals surface area contributed by atoms with E-state index >= 15 is 0 Å². The van der Waals surface area contributed by atoms with Crippen LogP contribution in [0.25, 0.3) is 0 Å². The SMILES string of the molecule is Cn1nccc1C(=O)N[C@@H]1CC[C@H](O)[C@H](O)[C@H]1N1CCc2ccccc2C1. The Morgan fingerprint density at radius 1 is 1.19 bits per heavy atom. The molecule has 1 aromatic heterocycles. The summed E-state index contributed by atoms with van der Waals surface area (Å²) in [5.74, 6) is -0.203. The molecule has 1 aliphatic heterocycles. The van der Waals surface area contributed by atoms with E-state index in [0.717, 1.165) is 13.0 Å². The second-order valence-corrected chi connectivity index (χ2v) is 7.54. The fourth-order valence-electron chi connectivity index (χ4n) is 4.40. The molecule has 0 saturated heterocycles. The molecule has 7 heteroatoms. The van der Waals surface area contributed by atoms with Crippen LogP contribution in [0.2, 0.25) is 0 Å². The lowest BCUT2D eigenvalue weighted by Gasteiger charge is -2.46. The quantitative estimate of drug-likeness (QED) is 0.730. The van der Waals surface area contributed by atoms with Crippen molar-refractivity contribution in [3.05, 3.63) is 53.3 Å². The van der Waals surface area contributed by atoms with Gasteiger partial charge in [-0.3, -0.25) is 14.4 Å². The van der Waals surface area contributed by atoms with Crippen molar-refractivity contribution in [3.63, 3.8) is 0 Å². The number of fused-ring (bicyclic) bond motifs is 1. The van der Waals surface area contributed by atoms with Crippen LogP contribution in [0.15, 0.2) is 36.5 Å². The fourth-order valence-corrected chi connectivity index (χ4v) is 4.40. The summed E-state index contributed by atoms with van der Waals surface area (Å²) in [6.45, 7) is 1.51. The third-order valence-electron chi connectivity index (χ3n) is 5.88. The van der Waals surface area contributed by atoms with E-state index in [1.165, 1.54) is 15.8 Å². The maximum Gasteiger partial charge on any atom is 0.269 e. The third kappa shape index (κ3) is 3.50. The molecule has 0 unspecified atom stereocenters. The van der Waals surface area contributed by atoms with Crippen molar-refractivity contribution in [1.82, 2.24) is 20.0 Å². The molecule has 3 N–H and O–H groups in total. The fraction of sp³-hybridized carbons (Fsp3) is 0.500. The highest BCUT2D eigenvalue weighted by atomic mass is 16.3. The number of aryl methyl sites for hydroxylation is 1. The first-order valence-electron chi connectivity index (χ1n) is 9.50. The van der Waals surface area contributed by atoms with E-state index in [0.29, 0.717) is 25.1 Å². The number of rotatable bonds is 3. The summed E-state index contributed by atoms with van der Waals surface area (Å²) < 4.78 is 1.54. The first-order chi connectivity index (χ1) is 13.0. The van der Waals surface area contributed by atoms with Gasteiger partial charge in [0.1, 0.15) is 5.69 Å². The van der Waals surface area contributed by atoms with Crippen LogP contribution in [0, 0.1) is 0 Å². The molecule has 0 spiro atoms. The van der Waals surface area contributed by atoms with Gasteiger partial charge in [-0.25, -0.2) is 0 Å². The predicted molar refractivity (Wildman–Crippen MR) is 100 cm³/mol. The summed E-state index contributed by atoms with van der Waals surface area (Å²) in [7, 11) is 1.73. The van der Waals surface area contributed by atoms with Crippen LogP contribution in [0.5, 0.6) is 0 Å². The molecule has 2 aliphatic rings. The molecule has 4 atom stereocenters. The van der Waals surface area contributed by atoms with Gasteiger partial charge in [0.05, 0.1) is 18.2 Å². The van der Waals surface area contributed by atoms with Crippen LogP contribution in [-0.2, 0) is 20.0 Å². The van der Waals surface area contributed by atoms with Crippen molar-refractivity contribution < 1.29 is 15.0 Å². The topological polar surface area (TPSA) is 90.6 Å². The molecular weight excluding hydrogens is 344 g/mol. The highest BCUT2D eigenvalue weighted by molar-refractivity contribution is 5.92. The Balaban J connectivity index is 1.55. The smallest absolute Gasteiger partial charge is 0.269 e. The van der Waals surface area contributed by atoms with Crippen LogP contribution in [0.1, 0.15) is 34.5 Å². The highest BCUT2D eigenvalue weighted by Crippen LogP contribution is 2.29. The molecule has 1 saturated carbocycles. The summed E-state index contributed by atoms with van der Waals surface area (Å²) in [6.07, 6.45) is 1.94. The van der Waals surface area contributed by atoms with Gasteiger partial charge < -0.3 is 15.5 Å². The van der Waals surface area contributed by atoms with Crippen molar-refractivity contribution >= 4 is 5.91 Å². The Labute approximate surface area is 158 Å². The first kappa shape index (κ1) is 18.2. The van der Waals surface area contributed by atoms with Gasteiger partial charge in [0, 0.05) is 32.4 Å². The lowest BCUT2D eigenvalue weighted by atomic mass is 9.83. The van der Waals surface area contributed by atoms with E-state index in [1.54, 1.807) is 19.3 Å². The number of carbonyl (C=O) groups excluding carboxylic acids is 1. The number of nitrogens with zero attached hydrogens (tertiary/aromatic N) is 3. The van der Waals surface area contributed by atoms with Crippen molar-refractivity contribution in [2.45, 2.75) is 50.1 Å². The minimum atomic E-state index is -0.888. The normalized spacial score (nSPS) is 28.6. The number of hydrogen-bond acceptors (Lipinski definition) is 5. The minimum Gasteiger partial charge on any atom is -0.390 e. The summed E-state index contributed by atoms with van der Waals surface area (Å²) in [4.78, 5) is 14.9. The Bertz CT molecular complexity index is 821. The second kappa shape index (κ2) is 7.42. The number of benzene rings is 1. The van der Waals surface area contributed by atoms with E-state index in [-0.39, 0.29) is 18.0 Å². The maximum atomic E-state index is 12.7. The zero-order chi connectivity index (χ0) is 19.0. The van der Waals surface area contributed by atoms with E-state index in [1.807, 2.05) is 12.1 Å². The lowest BCUT2D eigenvalue weighted by Crippen LogP contribution is -2.63. The molecule has 2 aromatic rings. The molecule has 0 bridgehead atoms. The Morgan fingerprint density at radius 3 is 2.70 bits per heavy atom. The number of carbonyl (C=O) groups is 1. The van der Waals surface area contributed by atoms with Gasteiger partial charge in [0.25, 0.3) is 5.91 Å². The number of nitrogens with one attached hydrogen (secondary N) is 1. The van der Waals surface area contributed by atoms with Crippen LogP contribution < -0.4 is 5.32 Å². The van der Waals surface area contributed by atoms with Crippen LogP contribution >= 0.6 is 0 Å². The molecule has 1 amide bonds. The number of aromatic nitrogens is 2. The zero-order valence-corrected chi connectivity index (χ0v) is 15.5. The molecule has 0 radical (unpaired) electrons. The standard InChI is InChI=1S/C20H26N4O3/c1-23-16(8-10-21-23)20(27)22-15-6-7-17(25)19(26)18(15)24-11-9-13-4-2-3-5-14(13)12-24/h2-5,8,10,15,17-19,25-26H,6-7,9,11-12H2,1H3,(H,22,27)/t15-,17+,18+,19+/m1/s1. The molecule has 2 heterocycles. The second-order valence-electron chi connectivity index (χ2n) is 7.54. The summed E-state index contributed by atoms with van der Waals surface area (Å²) >= 11 is 0. The molecule has 1 aliphatic carbocycles. The molecule has 1 fully saturated rings. The number of aliphatic hydroxyl groups excluding tert-OH is 2. The molecule has 4 rings (SSSR count). The summed E-state index contributed by atoms with van der Waals surface area (Å²) in [5, 5.41) is 28.1. The van der Waals surface area contributed by atoms with Crippen molar-refractivity contribution in [2.24, 2.45) is 7.05 Å². The third-order valence-corrected chi connectivity index (χ3v) is 5.88. The molecule has 7 nitrogen and oxygen atoms in total. The molecule has 27 heavy (non-hydrogen) atoms.